The third-order valence-electron chi connectivity index (χ3n) is 6.50. The number of hydrogen-bond donors (Lipinski definition) is 1. The number of aryl methyl sites for hydroxylation is 1. The average molecular weight is 455 g/mol. The lowest BCUT2D eigenvalue weighted by atomic mass is 9.85. The Bertz CT molecular complexity index is 1240. The van der Waals surface area contributed by atoms with Crippen LogP contribution in [-0.2, 0) is 4.74 Å². The summed E-state index contributed by atoms with van der Waals surface area (Å²) >= 11 is 0. The highest BCUT2D eigenvalue weighted by atomic mass is 16.6. The molecular weight excluding hydrogens is 424 g/mol. The van der Waals surface area contributed by atoms with Crippen molar-refractivity contribution in [2.24, 2.45) is 0 Å². The molecule has 0 spiro atoms. The second-order valence-corrected chi connectivity index (χ2v) is 10.1. The minimum absolute atomic E-state index is 0.0915. The van der Waals surface area contributed by atoms with Gasteiger partial charge >= 0.3 is 6.09 Å². The van der Waals surface area contributed by atoms with E-state index in [2.05, 4.69) is 15.2 Å². The third kappa shape index (κ3) is 4.14. The predicted octanol–water partition coefficient (Wildman–Crippen LogP) is 3.76. The summed E-state index contributed by atoms with van der Waals surface area (Å²) in [5.74, 6) is 1.46. The molecule has 0 aromatic carbocycles. The minimum Gasteiger partial charge on any atom is -0.444 e. The molecule has 1 saturated heterocycles. The molecule has 1 aliphatic carbocycles. The number of fused-ring (bicyclic) bond motifs is 1. The normalized spacial score (nSPS) is 18.0. The number of H-pyrrole nitrogens is 1. The van der Waals surface area contributed by atoms with E-state index in [4.69, 9.17) is 14.3 Å². The van der Waals surface area contributed by atoms with Gasteiger partial charge in [0.05, 0.1) is 11.4 Å². The molecule has 4 heterocycles. The highest BCUT2D eigenvalue weighted by molar-refractivity contribution is 5.74. The largest absolute Gasteiger partial charge is 0.444 e. The molecule has 1 saturated carbocycles. The lowest BCUT2D eigenvalue weighted by molar-refractivity contribution is 0.0203. The summed E-state index contributed by atoms with van der Waals surface area (Å²) in [5, 5.41) is 13.2. The Kier molecular flexibility index (Phi) is 5.25. The summed E-state index contributed by atoms with van der Waals surface area (Å²) in [6.45, 7) is 8.59. The molecule has 5 rings (SSSR count). The van der Waals surface area contributed by atoms with Gasteiger partial charge in [0.25, 0.3) is 11.4 Å². The number of hydrogen-bond acceptors (Lipinski definition) is 7. The molecule has 1 amide bonds. The second-order valence-electron chi connectivity index (χ2n) is 10.1. The van der Waals surface area contributed by atoms with Gasteiger partial charge in [-0.3, -0.25) is 4.79 Å². The van der Waals surface area contributed by atoms with Gasteiger partial charge in [-0.1, -0.05) is 6.42 Å². The molecule has 10 nitrogen and oxygen atoms in total. The highest BCUT2D eigenvalue weighted by Gasteiger charge is 2.31. The van der Waals surface area contributed by atoms with Gasteiger partial charge in [0.1, 0.15) is 16.8 Å². The van der Waals surface area contributed by atoms with Crippen LogP contribution < -0.4 is 5.56 Å². The van der Waals surface area contributed by atoms with Crippen LogP contribution in [0.25, 0.3) is 17.1 Å². The van der Waals surface area contributed by atoms with Crippen LogP contribution in [0.3, 0.4) is 0 Å². The number of aromatic nitrogens is 5. The number of rotatable bonds is 3. The molecule has 2 fully saturated rings. The lowest BCUT2D eigenvalue weighted by Crippen LogP contribution is -2.41. The van der Waals surface area contributed by atoms with Gasteiger partial charge in [-0.15, -0.1) is 10.2 Å². The Hall–Kier alpha value is -3.17. The van der Waals surface area contributed by atoms with Crippen molar-refractivity contribution in [2.75, 3.05) is 13.1 Å². The van der Waals surface area contributed by atoms with Gasteiger partial charge in [0, 0.05) is 31.0 Å². The van der Waals surface area contributed by atoms with Crippen LogP contribution in [0.15, 0.2) is 15.3 Å². The smallest absolute Gasteiger partial charge is 0.410 e. The number of ether oxygens (including phenoxy) is 1. The van der Waals surface area contributed by atoms with Crippen molar-refractivity contribution in [1.82, 2.24) is 29.7 Å². The first-order valence-electron chi connectivity index (χ1n) is 11.6. The van der Waals surface area contributed by atoms with Crippen LogP contribution in [0, 0.1) is 6.92 Å². The molecule has 1 aliphatic heterocycles. The number of carbonyl (C=O) groups is 1. The molecule has 0 unspecified atom stereocenters. The number of amides is 1. The van der Waals surface area contributed by atoms with E-state index in [1.54, 1.807) is 15.5 Å². The summed E-state index contributed by atoms with van der Waals surface area (Å²) in [6, 6.07) is 1.60. The number of likely N-dealkylation sites (tertiary alicyclic amines) is 1. The SMILES string of the molecule is Cc1nn2c(C3CCN(C(=O)OC(C)(C)C)CC3)cc(=O)[nH]c2c1-c1nnc(C2CCC2)o1. The van der Waals surface area contributed by atoms with Crippen LogP contribution in [0.5, 0.6) is 0 Å². The molecule has 3 aromatic heterocycles. The number of nitrogens with zero attached hydrogens (tertiary/aromatic N) is 5. The van der Waals surface area contributed by atoms with Crippen molar-refractivity contribution in [3.63, 3.8) is 0 Å². The van der Waals surface area contributed by atoms with Gasteiger partial charge in [-0.05, 0) is 53.4 Å². The van der Waals surface area contributed by atoms with Crippen molar-refractivity contribution < 1.29 is 13.9 Å². The standard InChI is InChI=1S/C23H30N6O4/c1-13-18(21-26-25-20(32-21)15-6-5-7-15)19-24-17(30)12-16(29(19)27-13)14-8-10-28(11-9-14)22(31)33-23(2,3)4/h12,14-15H,5-11H2,1-4H3,(H,24,30). The number of aromatic amines is 1. The van der Waals surface area contributed by atoms with Crippen LogP contribution >= 0.6 is 0 Å². The average Bonchev–Trinajstić information content (AvgIpc) is 3.28. The Balaban J connectivity index is 1.42. The zero-order valence-electron chi connectivity index (χ0n) is 19.6. The lowest BCUT2D eigenvalue weighted by Gasteiger charge is -2.33. The van der Waals surface area contributed by atoms with E-state index in [-0.39, 0.29) is 17.6 Å². The Labute approximate surface area is 191 Å². The Morgan fingerprint density at radius 2 is 1.88 bits per heavy atom. The van der Waals surface area contributed by atoms with E-state index >= 15 is 0 Å². The Morgan fingerprint density at radius 1 is 1.15 bits per heavy atom. The fraction of sp³-hybridized carbons (Fsp3) is 0.609. The topological polar surface area (TPSA) is 119 Å². The first-order chi connectivity index (χ1) is 15.7. The molecule has 33 heavy (non-hydrogen) atoms. The fourth-order valence-corrected chi connectivity index (χ4v) is 4.56. The van der Waals surface area contributed by atoms with Crippen molar-refractivity contribution in [2.45, 2.75) is 77.2 Å². The maximum Gasteiger partial charge on any atom is 0.410 e. The third-order valence-corrected chi connectivity index (χ3v) is 6.50. The number of carbonyl (C=O) groups excluding carboxylic acids is 1. The van der Waals surface area contributed by atoms with Crippen molar-refractivity contribution in [3.8, 4) is 11.5 Å². The summed E-state index contributed by atoms with van der Waals surface area (Å²) in [7, 11) is 0. The summed E-state index contributed by atoms with van der Waals surface area (Å²) in [4.78, 5) is 29.6. The van der Waals surface area contributed by atoms with Gasteiger partial charge in [0.15, 0.2) is 0 Å². The van der Waals surface area contributed by atoms with E-state index in [0.717, 1.165) is 31.4 Å². The molecule has 10 heteroatoms. The first-order valence-corrected chi connectivity index (χ1v) is 11.6. The molecule has 0 atom stereocenters. The molecule has 3 aromatic rings. The van der Waals surface area contributed by atoms with E-state index in [1.165, 1.54) is 6.42 Å². The van der Waals surface area contributed by atoms with Crippen molar-refractivity contribution in [1.29, 1.82) is 0 Å². The molecule has 0 bridgehead atoms. The summed E-state index contributed by atoms with van der Waals surface area (Å²) in [6.07, 6.45) is 4.46. The minimum atomic E-state index is -0.525. The van der Waals surface area contributed by atoms with Crippen LogP contribution in [0.4, 0.5) is 4.79 Å². The quantitative estimate of drug-likeness (QED) is 0.640. The van der Waals surface area contributed by atoms with E-state index in [0.29, 0.717) is 47.7 Å². The number of nitrogens with one attached hydrogen (secondary N) is 1. The Morgan fingerprint density at radius 3 is 2.52 bits per heavy atom. The molecular formula is C23H30N6O4. The molecule has 0 radical (unpaired) electrons. The van der Waals surface area contributed by atoms with E-state index in [9.17, 15) is 9.59 Å². The van der Waals surface area contributed by atoms with E-state index < -0.39 is 5.60 Å². The zero-order valence-corrected chi connectivity index (χ0v) is 19.6. The van der Waals surface area contributed by atoms with Crippen LogP contribution in [0.1, 0.15) is 82.0 Å². The molecule has 2 aliphatic rings. The van der Waals surface area contributed by atoms with Crippen LogP contribution in [0.2, 0.25) is 0 Å². The first kappa shape index (κ1) is 21.7. The maximum atomic E-state index is 12.6. The predicted molar refractivity (Wildman–Crippen MR) is 120 cm³/mol. The fourth-order valence-electron chi connectivity index (χ4n) is 4.56. The second kappa shape index (κ2) is 8.00. The van der Waals surface area contributed by atoms with Gasteiger partial charge in [-0.25, -0.2) is 9.31 Å². The summed E-state index contributed by atoms with van der Waals surface area (Å²) < 4.78 is 13.3. The highest BCUT2D eigenvalue weighted by Crippen LogP contribution is 2.37. The summed E-state index contributed by atoms with van der Waals surface area (Å²) in [5.41, 5.74) is 2.04. The van der Waals surface area contributed by atoms with Gasteiger partial charge < -0.3 is 19.0 Å². The van der Waals surface area contributed by atoms with Gasteiger partial charge in [-0.2, -0.15) is 5.10 Å². The van der Waals surface area contributed by atoms with Gasteiger partial charge in [0.2, 0.25) is 5.89 Å². The zero-order chi connectivity index (χ0) is 23.3. The van der Waals surface area contributed by atoms with Crippen molar-refractivity contribution >= 4 is 11.7 Å². The van der Waals surface area contributed by atoms with E-state index in [1.807, 2.05) is 27.7 Å². The molecule has 176 valence electrons. The van der Waals surface area contributed by atoms with Crippen molar-refractivity contribution in [3.05, 3.63) is 33.7 Å². The maximum absolute atomic E-state index is 12.6. The molecule has 1 N–H and O–H groups in total. The number of piperidine rings is 1. The van der Waals surface area contributed by atoms with Crippen LogP contribution in [-0.4, -0.2) is 54.5 Å². The monoisotopic (exact) mass is 454 g/mol.